The van der Waals surface area contributed by atoms with Gasteiger partial charge in [0.05, 0.1) is 9.83 Å². The molecule has 1 atom stereocenters. The number of ether oxygens (including phenoxy) is 1. The molecule has 4 rings (SSSR count). The average molecular weight is 457 g/mol. The lowest BCUT2D eigenvalue weighted by Crippen LogP contribution is -2.51. The van der Waals surface area contributed by atoms with Crippen molar-refractivity contribution in [2.24, 2.45) is 0 Å². The third kappa shape index (κ3) is 3.57. The number of thiophene rings is 1. The molecule has 26 heavy (non-hydrogen) atoms. The van der Waals surface area contributed by atoms with E-state index >= 15 is 0 Å². The van der Waals surface area contributed by atoms with Crippen LogP contribution in [0.5, 0.6) is 5.75 Å². The van der Waals surface area contributed by atoms with Gasteiger partial charge in [-0.2, -0.15) is 0 Å². The van der Waals surface area contributed by atoms with Crippen LogP contribution in [0.15, 0.2) is 44.4 Å². The lowest BCUT2D eigenvalue weighted by atomic mass is 9.81. The molecule has 0 radical (unpaired) electrons. The van der Waals surface area contributed by atoms with E-state index in [0.29, 0.717) is 10.6 Å². The van der Waals surface area contributed by atoms with Gasteiger partial charge in [0, 0.05) is 25.1 Å². The smallest absolute Gasteiger partial charge is 0.250 e. The summed E-state index contributed by atoms with van der Waals surface area (Å²) in [6, 6.07) is 10.9. The van der Waals surface area contributed by atoms with E-state index in [4.69, 9.17) is 4.74 Å². The third-order valence-corrected chi connectivity index (χ3v) is 8.79. The zero-order valence-electron chi connectivity index (χ0n) is 14.4. The molecule has 3 heterocycles. The number of hydrogen-bond donors (Lipinski definition) is 1. The van der Waals surface area contributed by atoms with Crippen LogP contribution in [0.25, 0.3) is 0 Å². The Morgan fingerprint density at radius 3 is 2.65 bits per heavy atom. The second-order valence-electron chi connectivity index (χ2n) is 7.06. The van der Waals surface area contributed by atoms with Crippen molar-refractivity contribution in [3.05, 3.63) is 45.7 Å². The van der Waals surface area contributed by atoms with E-state index in [1.54, 1.807) is 12.1 Å². The van der Waals surface area contributed by atoms with E-state index in [9.17, 15) is 8.42 Å². The number of nitrogens with one attached hydrogen (secondary N) is 1. The lowest BCUT2D eigenvalue weighted by Gasteiger charge is -2.46. The van der Waals surface area contributed by atoms with Crippen molar-refractivity contribution in [1.82, 2.24) is 9.62 Å². The molecule has 1 spiro atoms. The average Bonchev–Trinajstić information content (AvgIpc) is 3.05. The molecule has 2 aliphatic heterocycles. The molecule has 0 bridgehead atoms. The minimum Gasteiger partial charge on any atom is -0.487 e. The van der Waals surface area contributed by atoms with Crippen molar-refractivity contribution in [2.45, 2.75) is 35.1 Å². The Balaban J connectivity index is 1.66. The molecule has 8 heteroatoms. The van der Waals surface area contributed by atoms with Crippen LogP contribution in [-0.4, -0.2) is 39.1 Å². The number of fused-ring (bicyclic) bond motifs is 1. The molecule has 2 aliphatic rings. The van der Waals surface area contributed by atoms with Gasteiger partial charge in [-0.15, -0.1) is 11.3 Å². The molecule has 0 amide bonds. The van der Waals surface area contributed by atoms with Crippen molar-refractivity contribution in [2.75, 3.05) is 20.1 Å². The van der Waals surface area contributed by atoms with E-state index in [2.05, 4.69) is 32.6 Å². The van der Waals surface area contributed by atoms with Gasteiger partial charge in [0.2, 0.25) is 0 Å². The summed E-state index contributed by atoms with van der Waals surface area (Å²) in [4.78, 5) is 2.29. The normalized spacial score (nSPS) is 22.8. The van der Waals surface area contributed by atoms with Gasteiger partial charge in [0.15, 0.2) is 0 Å². The number of halogens is 1. The highest BCUT2D eigenvalue weighted by Gasteiger charge is 2.43. The zero-order chi connectivity index (χ0) is 18.4. The van der Waals surface area contributed by atoms with E-state index in [0.717, 1.165) is 41.0 Å². The number of sulfonamides is 1. The highest BCUT2D eigenvalue weighted by Crippen LogP contribution is 2.44. The van der Waals surface area contributed by atoms with Gasteiger partial charge in [-0.3, -0.25) is 0 Å². The topological polar surface area (TPSA) is 58.6 Å². The van der Waals surface area contributed by atoms with E-state index in [1.807, 2.05) is 24.3 Å². The Hall–Kier alpha value is -0.930. The van der Waals surface area contributed by atoms with Crippen molar-refractivity contribution in [3.8, 4) is 5.75 Å². The maximum absolute atomic E-state index is 12.9. The van der Waals surface area contributed by atoms with Crippen LogP contribution in [0.4, 0.5) is 0 Å². The lowest BCUT2D eigenvalue weighted by molar-refractivity contribution is -0.0179. The molecule has 1 saturated heterocycles. The molecule has 1 aromatic heterocycles. The predicted octanol–water partition coefficient (Wildman–Crippen LogP) is 3.78. The SMILES string of the molecule is CN1CCC2(CC1)CC(NS(=O)(=O)c1ccc(Br)s1)c1ccccc1O2. The molecule has 2 aromatic rings. The van der Waals surface area contributed by atoms with Crippen molar-refractivity contribution < 1.29 is 13.2 Å². The van der Waals surface area contributed by atoms with Gasteiger partial charge >= 0.3 is 0 Å². The molecule has 1 fully saturated rings. The summed E-state index contributed by atoms with van der Waals surface area (Å²) in [5, 5.41) is 0. The number of hydrogen-bond acceptors (Lipinski definition) is 5. The fourth-order valence-electron chi connectivity index (χ4n) is 3.74. The highest BCUT2D eigenvalue weighted by atomic mass is 79.9. The second-order valence-corrected chi connectivity index (χ2v) is 11.5. The monoisotopic (exact) mass is 456 g/mol. The first-order chi connectivity index (χ1) is 12.4. The van der Waals surface area contributed by atoms with Crippen LogP contribution < -0.4 is 9.46 Å². The predicted molar refractivity (Wildman–Crippen MR) is 106 cm³/mol. The van der Waals surface area contributed by atoms with Crippen LogP contribution >= 0.6 is 27.3 Å². The van der Waals surface area contributed by atoms with Gasteiger partial charge in [-0.05, 0) is 54.0 Å². The summed E-state index contributed by atoms with van der Waals surface area (Å²) in [7, 11) is -1.47. The first-order valence-corrected chi connectivity index (χ1v) is 11.7. The van der Waals surface area contributed by atoms with Crippen LogP contribution in [0.2, 0.25) is 0 Å². The van der Waals surface area contributed by atoms with Crippen molar-refractivity contribution >= 4 is 37.3 Å². The van der Waals surface area contributed by atoms with Gasteiger partial charge in [0.1, 0.15) is 15.6 Å². The summed E-state index contributed by atoms with van der Waals surface area (Å²) < 4.78 is 36.2. The number of rotatable bonds is 3. The molecule has 5 nitrogen and oxygen atoms in total. The molecule has 140 valence electrons. The Labute approximate surface area is 166 Å². The van der Waals surface area contributed by atoms with Crippen LogP contribution in [0, 0.1) is 0 Å². The number of likely N-dealkylation sites (tertiary alicyclic amines) is 1. The summed E-state index contributed by atoms with van der Waals surface area (Å²) in [6.45, 7) is 1.92. The molecule has 1 N–H and O–H groups in total. The fourth-order valence-corrected chi connectivity index (χ4v) is 6.98. The first kappa shape index (κ1) is 18.4. The number of piperidine rings is 1. The third-order valence-electron chi connectivity index (χ3n) is 5.21. The minimum atomic E-state index is -3.58. The van der Waals surface area contributed by atoms with Crippen LogP contribution in [-0.2, 0) is 10.0 Å². The minimum absolute atomic E-state index is 0.283. The quantitative estimate of drug-likeness (QED) is 0.763. The fraction of sp³-hybridized carbons (Fsp3) is 0.444. The summed E-state index contributed by atoms with van der Waals surface area (Å²) in [5.41, 5.74) is 0.612. The van der Waals surface area contributed by atoms with Gasteiger partial charge in [-0.25, -0.2) is 13.1 Å². The maximum atomic E-state index is 12.9. The molecular weight excluding hydrogens is 436 g/mol. The molecule has 0 saturated carbocycles. The standard InChI is InChI=1S/C18H21BrN2O3S2/c1-21-10-8-18(9-11-21)12-14(13-4-2-3-5-15(13)24-18)20-26(22,23)17-7-6-16(19)25-17/h2-7,14,20H,8-12H2,1H3. The summed E-state index contributed by atoms with van der Waals surface area (Å²) in [6.07, 6.45) is 2.46. The van der Waals surface area contributed by atoms with Crippen molar-refractivity contribution in [1.29, 1.82) is 0 Å². The maximum Gasteiger partial charge on any atom is 0.250 e. The number of nitrogens with zero attached hydrogens (tertiary/aromatic N) is 1. The van der Waals surface area contributed by atoms with E-state index in [-0.39, 0.29) is 11.6 Å². The van der Waals surface area contributed by atoms with Crippen LogP contribution in [0.1, 0.15) is 30.9 Å². The van der Waals surface area contributed by atoms with Gasteiger partial charge < -0.3 is 9.64 Å². The van der Waals surface area contributed by atoms with Crippen LogP contribution in [0.3, 0.4) is 0 Å². The van der Waals surface area contributed by atoms with Gasteiger partial charge in [0.25, 0.3) is 10.0 Å². The first-order valence-electron chi connectivity index (χ1n) is 8.61. The Morgan fingerprint density at radius 1 is 1.23 bits per heavy atom. The summed E-state index contributed by atoms with van der Waals surface area (Å²) in [5.74, 6) is 0.795. The second kappa shape index (κ2) is 6.91. The number of para-hydroxylation sites is 1. The Bertz CT molecular complexity index is 905. The van der Waals surface area contributed by atoms with Gasteiger partial charge in [-0.1, -0.05) is 18.2 Å². The van der Waals surface area contributed by atoms with E-state index < -0.39 is 10.0 Å². The Morgan fingerprint density at radius 2 is 1.96 bits per heavy atom. The molecule has 1 aromatic carbocycles. The Kier molecular flexibility index (Phi) is 4.90. The molecule has 1 unspecified atom stereocenters. The van der Waals surface area contributed by atoms with Crippen molar-refractivity contribution in [3.63, 3.8) is 0 Å². The molecule has 0 aliphatic carbocycles. The largest absolute Gasteiger partial charge is 0.487 e. The van der Waals surface area contributed by atoms with E-state index in [1.165, 1.54) is 11.3 Å². The zero-order valence-corrected chi connectivity index (χ0v) is 17.7. The summed E-state index contributed by atoms with van der Waals surface area (Å²) >= 11 is 4.56. The highest BCUT2D eigenvalue weighted by molar-refractivity contribution is 9.11. The molecular formula is C18H21BrN2O3S2. The number of benzene rings is 1.